The molecule has 0 aliphatic carbocycles. The lowest BCUT2D eigenvalue weighted by Gasteiger charge is -2.09. The predicted octanol–water partition coefficient (Wildman–Crippen LogP) is 2.53. The lowest BCUT2D eigenvalue weighted by atomic mass is 10.4. The van der Waals surface area contributed by atoms with E-state index in [1.165, 1.54) is 7.11 Å². The van der Waals surface area contributed by atoms with Crippen LogP contribution in [0.1, 0.15) is 0 Å². The molecule has 0 N–H and O–H groups in total. The molecule has 5 heteroatoms. The zero-order valence-electron chi connectivity index (χ0n) is 7.53. The average Bonchev–Trinajstić information content (AvgIpc) is 2.18. The van der Waals surface area contributed by atoms with Gasteiger partial charge in [0.25, 0.3) is 0 Å². The van der Waals surface area contributed by atoms with Crippen molar-refractivity contribution in [1.29, 1.82) is 0 Å². The van der Waals surface area contributed by atoms with Gasteiger partial charge in [0.05, 0.1) is 7.11 Å². The maximum absolute atomic E-state index is 11.7. The van der Waals surface area contributed by atoms with Crippen LogP contribution >= 0.6 is 28.1 Å². The molecule has 0 fully saturated rings. The van der Waals surface area contributed by atoms with Gasteiger partial charge in [-0.3, -0.25) is 0 Å². The molecule has 0 saturated heterocycles. The summed E-state index contributed by atoms with van der Waals surface area (Å²) >= 11 is 7.03. The summed E-state index contributed by atoms with van der Waals surface area (Å²) in [6.07, 6.45) is 0. The van der Waals surface area contributed by atoms with E-state index in [-0.39, 0.29) is 5.75 Å². The van der Waals surface area contributed by atoms with E-state index in [1.807, 2.05) is 12.1 Å². The molecule has 0 saturated carbocycles. The van der Waals surface area contributed by atoms with E-state index in [1.54, 1.807) is 12.1 Å². The molecule has 0 amide bonds. The number of thiocarbonyl (C=S) groups is 1. The first kappa shape index (κ1) is 12.0. The Hall–Kier alpha value is -0.100. The Morgan fingerprint density at radius 1 is 1.50 bits per heavy atom. The number of hydrogen-bond acceptors (Lipinski definition) is 3. The first-order valence-electron chi connectivity index (χ1n) is 3.84. The molecule has 1 aromatic rings. The van der Waals surface area contributed by atoms with Crippen molar-refractivity contribution in [3.63, 3.8) is 0 Å². The van der Waals surface area contributed by atoms with Gasteiger partial charge >= 0.3 is 0 Å². The van der Waals surface area contributed by atoms with Gasteiger partial charge in [0.1, 0.15) is 0 Å². The third-order valence-corrected chi connectivity index (χ3v) is 3.90. The molecule has 0 aromatic heterocycles. The van der Waals surface area contributed by atoms with Crippen LogP contribution in [-0.2, 0) is 15.9 Å². The van der Waals surface area contributed by atoms with E-state index >= 15 is 0 Å². The molecule has 76 valence electrons. The van der Waals surface area contributed by atoms with Crippen LogP contribution in [0.4, 0.5) is 0 Å². The molecule has 1 rings (SSSR count). The normalized spacial score (nSPS) is 12.2. The summed E-state index contributed by atoms with van der Waals surface area (Å²) in [6.45, 7) is 0. The van der Waals surface area contributed by atoms with Crippen molar-refractivity contribution < 1.29 is 9.29 Å². The van der Waals surface area contributed by atoms with Gasteiger partial charge in [-0.2, -0.15) is 0 Å². The molecule has 2 nitrogen and oxygen atoms in total. The summed E-state index contributed by atoms with van der Waals surface area (Å²) in [4.78, 5) is 0.757. The molecule has 1 aromatic carbocycles. The minimum absolute atomic E-state index is 0.271. The number of benzene rings is 1. The van der Waals surface area contributed by atoms with Crippen LogP contribution in [0.25, 0.3) is 0 Å². The highest BCUT2D eigenvalue weighted by Crippen LogP contribution is 2.16. The van der Waals surface area contributed by atoms with Crippen LogP contribution < -0.4 is 0 Å². The van der Waals surface area contributed by atoms with E-state index in [9.17, 15) is 4.55 Å². The van der Waals surface area contributed by atoms with Crippen LogP contribution in [0.2, 0.25) is 0 Å². The van der Waals surface area contributed by atoms with Gasteiger partial charge in [-0.05, 0) is 47.7 Å². The van der Waals surface area contributed by atoms with E-state index in [4.69, 9.17) is 17.0 Å². The largest absolute Gasteiger partial charge is 0.611 e. The fourth-order valence-electron chi connectivity index (χ4n) is 0.836. The van der Waals surface area contributed by atoms with Crippen molar-refractivity contribution >= 4 is 44.4 Å². The molecule has 0 spiro atoms. The molecule has 0 aliphatic heterocycles. The van der Waals surface area contributed by atoms with Crippen molar-refractivity contribution in [2.45, 2.75) is 4.90 Å². The van der Waals surface area contributed by atoms with Crippen LogP contribution in [-0.4, -0.2) is 22.5 Å². The first-order chi connectivity index (χ1) is 6.63. The van der Waals surface area contributed by atoms with Gasteiger partial charge in [0, 0.05) is 4.47 Å². The number of rotatable bonds is 3. The highest BCUT2D eigenvalue weighted by Gasteiger charge is 2.13. The van der Waals surface area contributed by atoms with Crippen LogP contribution in [0.3, 0.4) is 0 Å². The molecule has 0 aliphatic rings. The Morgan fingerprint density at radius 3 is 2.57 bits per heavy atom. The van der Waals surface area contributed by atoms with E-state index < -0.39 is 11.2 Å². The van der Waals surface area contributed by atoms with Gasteiger partial charge < -0.3 is 9.29 Å². The Morgan fingerprint density at radius 2 is 2.07 bits per heavy atom. The maximum Gasteiger partial charge on any atom is 0.210 e. The second-order valence-corrected chi connectivity index (χ2v) is 5.34. The van der Waals surface area contributed by atoms with Crippen molar-refractivity contribution in [3.05, 3.63) is 28.7 Å². The Bertz CT molecular complexity index is 313. The van der Waals surface area contributed by atoms with Crippen LogP contribution in [0.15, 0.2) is 33.6 Å². The quantitative estimate of drug-likeness (QED) is 0.634. The SMILES string of the molecule is COC(=S)C[S+]([O-])c1ccc(Br)cc1. The number of hydrogen-bond donors (Lipinski definition) is 0. The summed E-state index contributed by atoms with van der Waals surface area (Å²) in [7, 11) is 1.49. The second-order valence-electron chi connectivity index (χ2n) is 2.52. The average molecular weight is 293 g/mol. The predicted molar refractivity (Wildman–Crippen MR) is 65.0 cm³/mol. The van der Waals surface area contributed by atoms with E-state index in [0.717, 1.165) is 9.37 Å². The van der Waals surface area contributed by atoms with Crippen LogP contribution in [0.5, 0.6) is 0 Å². The highest BCUT2D eigenvalue weighted by atomic mass is 79.9. The Kier molecular flexibility index (Phi) is 4.88. The first-order valence-corrected chi connectivity index (χ1v) is 6.36. The van der Waals surface area contributed by atoms with Gasteiger partial charge in [0.2, 0.25) is 5.05 Å². The zero-order chi connectivity index (χ0) is 10.6. The summed E-state index contributed by atoms with van der Waals surface area (Å²) in [6, 6.07) is 7.31. The van der Waals surface area contributed by atoms with Crippen molar-refractivity contribution in [2.24, 2.45) is 0 Å². The lowest BCUT2D eigenvalue weighted by molar-refractivity contribution is 0.411. The van der Waals surface area contributed by atoms with Gasteiger partial charge in [-0.25, -0.2) is 0 Å². The molecule has 0 heterocycles. The Balaban J connectivity index is 2.65. The molecular weight excluding hydrogens is 284 g/mol. The number of halogens is 1. The molecule has 0 radical (unpaired) electrons. The molecule has 14 heavy (non-hydrogen) atoms. The van der Waals surface area contributed by atoms with Gasteiger partial charge in [-0.1, -0.05) is 15.9 Å². The third-order valence-electron chi connectivity index (χ3n) is 1.55. The molecule has 1 unspecified atom stereocenters. The monoisotopic (exact) mass is 292 g/mol. The minimum Gasteiger partial charge on any atom is -0.611 e. The number of methoxy groups -OCH3 is 1. The minimum atomic E-state index is -1.11. The summed E-state index contributed by atoms with van der Waals surface area (Å²) < 4.78 is 17.4. The molecule has 1 atom stereocenters. The van der Waals surface area contributed by atoms with Crippen molar-refractivity contribution in [1.82, 2.24) is 0 Å². The van der Waals surface area contributed by atoms with E-state index in [0.29, 0.717) is 5.05 Å². The zero-order valence-corrected chi connectivity index (χ0v) is 10.7. The Labute approximate surface area is 100.0 Å². The van der Waals surface area contributed by atoms with Gasteiger partial charge in [0.15, 0.2) is 10.6 Å². The maximum atomic E-state index is 11.7. The van der Waals surface area contributed by atoms with Gasteiger partial charge in [-0.15, -0.1) is 0 Å². The smallest absolute Gasteiger partial charge is 0.210 e. The van der Waals surface area contributed by atoms with E-state index in [2.05, 4.69) is 15.9 Å². The van der Waals surface area contributed by atoms with Crippen molar-refractivity contribution in [3.8, 4) is 0 Å². The summed E-state index contributed by atoms with van der Waals surface area (Å²) in [5.41, 5.74) is 0. The molecular formula is C9H9BrO2S2. The lowest BCUT2D eigenvalue weighted by Crippen LogP contribution is -2.15. The second kappa shape index (κ2) is 5.70. The van der Waals surface area contributed by atoms with Crippen molar-refractivity contribution in [2.75, 3.05) is 12.9 Å². The fraction of sp³-hybridized carbons (Fsp3) is 0.222. The summed E-state index contributed by atoms with van der Waals surface area (Å²) in [5.74, 6) is 0.271. The third kappa shape index (κ3) is 3.57. The fourth-order valence-corrected chi connectivity index (χ4v) is 2.36. The standard InChI is InChI=1S/C9H9BrO2S2/c1-12-9(13)6-14(11)8-4-2-7(10)3-5-8/h2-5H,6H2,1H3. The highest BCUT2D eigenvalue weighted by molar-refractivity contribution is 9.10. The number of ether oxygens (including phenoxy) is 1. The van der Waals surface area contributed by atoms with Crippen LogP contribution in [0, 0.1) is 0 Å². The topological polar surface area (TPSA) is 32.3 Å². The molecule has 0 bridgehead atoms. The summed E-state index contributed by atoms with van der Waals surface area (Å²) in [5, 5.41) is 0.367.